The van der Waals surface area contributed by atoms with E-state index in [4.69, 9.17) is 0 Å². The Hall–Kier alpha value is -1.20. The van der Waals surface area contributed by atoms with Crippen molar-refractivity contribution in [1.29, 1.82) is 0 Å². The predicted molar refractivity (Wildman–Crippen MR) is 71.8 cm³/mol. The Morgan fingerprint density at radius 3 is 2.72 bits per heavy atom. The van der Waals surface area contributed by atoms with Crippen molar-refractivity contribution in [3.8, 4) is 0 Å². The number of hydrogen-bond donors (Lipinski definition) is 1. The van der Waals surface area contributed by atoms with Crippen LogP contribution in [0.5, 0.6) is 0 Å². The second-order valence-electron chi connectivity index (χ2n) is 4.40. The van der Waals surface area contributed by atoms with Gasteiger partial charge in [0, 0.05) is 23.9 Å². The molecule has 1 unspecified atom stereocenters. The first kappa shape index (κ1) is 13.2. The van der Waals surface area contributed by atoms with E-state index >= 15 is 0 Å². The van der Waals surface area contributed by atoms with E-state index in [-0.39, 0.29) is 12.2 Å². The van der Waals surface area contributed by atoms with Gasteiger partial charge in [0.25, 0.3) is 5.91 Å². The highest BCUT2D eigenvalue weighted by Gasteiger charge is 2.49. The molecule has 1 heterocycles. The van der Waals surface area contributed by atoms with Crippen molar-refractivity contribution in [2.24, 2.45) is 0 Å². The van der Waals surface area contributed by atoms with Gasteiger partial charge in [-0.15, -0.1) is 0 Å². The van der Waals surface area contributed by atoms with Crippen molar-refractivity contribution in [2.45, 2.75) is 18.9 Å². The van der Waals surface area contributed by atoms with Gasteiger partial charge in [-0.2, -0.15) is 0 Å². The van der Waals surface area contributed by atoms with Crippen LogP contribution >= 0.6 is 15.9 Å². The molecule has 5 heteroatoms. The van der Waals surface area contributed by atoms with E-state index in [0.717, 1.165) is 0 Å². The Labute approximate surface area is 114 Å². The number of fused-ring (bicyclic) bond motifs is 1. The second kappa shape index (κ2) is 4.82. The fraction of sp³-hybridized carbons (Fsp3) is 0.385. The number of carbonyl (C=O) groups excluding carboxylic acids is 2. The number of nitrogens with zero attached hydrogens (tertiary/aromatic N) is 1. The Balaban J connectivity index is 2.50. The summed E-state index contributed by atoms with van der Waals surface area (Å²) in [7, 11) is 0. The van der Waals surface area contributed by atoms with Gasteiger partial charge >= 0.3 is 0 Å². The smallest absolute Gasteiger partial charge is 0.264 e. The van der Waals surface area contributed by atoms with Crippen molar-refractivity contribution < 1.29 is 14.7 Å². The third-order valence-electron chi connectivity index (χ3n) is 3.05. The number of alkyl halides is 1. The SMILES string of the molecule is CC(=O)CC1(O)C(=O)N(CCBr)c2ccccc21. The summed E-state index contributed by atoms with van der Waals surface area (Å²) in [4.78, 5) is 25.1. The quantitative estimate of drug-likeness (QED) is 0.859. The maximum atomic E-state index is 12.3. The first-order valence-electron chi connectivity index (χ1n) is 5.70. The number of carbonyl (C=O) groups is 2. The van der Waals surface area contributed by atoms with Gasteiger partial charge in [-0.25, -0.2) is 0 Å². The average Bonchev–Trinajstić information content (AvgIpc) is 2.52. The van der Waals surface area contributed by atoms with Crippen molar-refractivity contribution in [3.63, 3.8) is 0 Å². The van der Waals surface area contributed by atoms with Crippen LogP contribution < -0.4 is 4.90 Å². The van der Waals surface area contributed by atoms with Crippen molar-refractivity contribution in [2.75, 3.05) is 16.8 Å². The van der Waals surface area contributed by atoms with E-state index in [9.17, 15) is 14.7 Å². The van der Waals surface area contributed by atoms with Gasteiger partial charge < -0.3 is 10.0 Å². The zero-order chi connectivity index (χ0) is 13.3. The van der Waals surface area contributed by atoms with Crippen molar-refractivity contribution >= 4 is 33.3 Å². The first-order chi connectivity index (χ1) is 8.50. The van der Waals surface area contributed by atoms with Crippen LogP contribution in [0.4, 0.5) is 5.69 Å². The van der Waals surface area contributed by atoms with E-state index in [2.05, 4.69) is 15.9 Å². The maximum absolute atomic E-state index is 12.3. The van der Waals surface area contributed by atoms with Crippen LogP contribution in [-0.2, 0) is 15.2 Å². The summed E-state index contributed by atoms with van der Waals surface area (Å²) in [6.45, 7) is 1.84. The van der Waals surface area contributed by atoms with Crippen LogP contribution in [-0.4, -0.2) is 28.7 Å². The molecule has 1 aromatic carbocycles. The molecule has 0 aromatic heterocycles. The maximum Gasteiger partial charge on any atom is 0.264 e. The number of anilines is 1. The number of halogens is 1. The first-order valence-corrected chi connectivity index (χ1v) is 6.82. The summed E-state index contributed by atoms with van der Waals surface area (Å²) < 4.78 is 0. The molecule has 1 N–H and O–H groups in total. The van der Waals surface area contributed by atoms with Crippen LogP contribution in [0.2, 0.25) is 0 Å². The van der Waals surface area contributed by atoms with Gasteiger partial charge in [0.1, 0.15) is 5.78 Å². The third kappa shape index (κ3) is 1.97. The molecule has 1 atom stereocenters. The molecule has 4 nitrogen and oxygen atoms in total. The molecular formula is C13H14BrNO3. The van der Waals surface area contributed by atoms with Gasteiger partial charge in [0.2, 0.25) is 0 Å². The molecule has 1 amide bonds. The third-order valence-corrected chi connectivity index (χ3v) is 3.41. The molecule has 1 aliphatic rings. The van der Waals surface area contributed by atoms with Gasteiger partial charge in [0.15, 0.2) is 5.60 Å². The Kier molecular flexibility index (Phi) is 3.54. The summed E-state index contributed by atoms with van der Waals surface area (Å²) in [5.74, 6) is -0.625. The molecule has 0 radical (unpaired) electrons. The minimum atomic E-state index is -1.70. The van der Waals surface area contributed by atoms with Gasteiger partial charge in [0.05, 0.1) is 5.69 Å². The zero-order valence-corrected chi connectivity index (χ0v) is 11.6. The van der Waals surface area contributed by atoms with Crippen molar-refractivity contribution in [3.05, 3.63) is 29.8 Å². The minimum Gasteiger partial charge on any atom is -0.375 e. The van der Waals surface area contributed by atoms with E-state index in [0.29, 0.717) is 23.1 Å². The predicted octanol–water partition coefficient (Wildman–Crippen LogP) is 1.59. The van der Waals surface area contributed by atoms with Gasteiger partial charge in [-0.1, -0.05) is 34.1 Å². The van der Waals surface area contributed by atoms with E-state index < -0.39 is 11.5 Å². The fourth-order valence-corrected chi connectivity index (χ4v) is 2.70. The lowest BCUT2D eigenvalue weighted by atomic mass is 9.90. The highest BCUT2D eigenvalue weighted by molar-refractivity contribution is 9.09. The topological polar surface area (TPSA) is 57.6 Å². The van der Waals surface area contributed by atoms with Gasteiger partial charge in [-0.05, 0) is 13.0 Å². The molecule has 0 spiro atoms. The second-order valence-corrected chi connectivity index (χ2v) is 5.19. The van der Waals surface area contributed by atoms with Crippen molar-refractivity contribution in [1.82, 2.24) is 0 Å². The molecule has 0 fully saturated rings. The molecular weight excluding hydrogens is 298 g/mol. The van der Waals surface area contributed by atoms with Gasteiger partial charge in [-0.3, -0.25) is 9.59 Å². The lowest BCUT2D eigenvalue weighted by molar-refractivity contribution is -0.141. The molecule has 0 bridgehead atoms. The summed E-state index contributed by atoms with van der Waals surface area (Å²) in [6.07, 6.45) is -0.179. The molecule has 0 aliphatic carbocycles. The lowest BCUT2D eigenvalue weighted by Gasteiger charge is -2.21. The van der Waals surface area contributed by atoms with E-state index in [1.165, 1.54) is 11.8 Å². The number of Topliss-reactive ketones (excluding diaryl/α,β-unsaturated/α-hetero) is 1. The molecule has 96 valence electrons. The number of para-hydroxylation sites is 1. The largest absolute Gasteiger partial charge is 0.375 e. The molecule has 1 aliphatic heterocycles. The Bertz CT molecular complexity index is 503. The molecule has 1 aromatic rings. The summed E-state index contributed by atoms with van der Waals surface area (Å²) in [6, 6.07) is 7.06. The number of hydrogen-bond acceptors (Lipinski definition) is 3. The highest BCUT2D eigenvalue weighted by Crippen LogP contribution is 2.42. The zero-order valence-electron chi connectivity index (χ0n) is 10.0. The standard InChI is InChI=1S/C13H14BrNO3/c1-9(16)8-13(18)10-4-2-3-5-11(10)15(7-6-14)12(13)17/h2-5,18H,6-8H2,1H3. The Morgan fingerprint density at radius 2 is 2.11 bits per heavy atom. The van der Waals surface area contributed by atoms with Crippen LogP contribution in [0, 0.1) is 0 Å². The Morgan fingerprint density at radius 1 is 1.44 bits per heavy atom. The summed E-state index contributed by atoms with van der Waals surface area (Å²) in [5.41, 5.74) is -0.498. The monoisotopic (exact) mass is 311 g/mol. The number of aliphatic hydroxyl groups is 1. The van der Waals surface area contributed by atoms with E-state index in [1.807, 2.05) is 6.07 Å². The average molecular weight is 312 g/mol. The molecule has 0 saturated carbocycles. The number of amides is 1. The number of rotatable bonds is 4. The normalized spacial score (nSPS) is 22.2. The molecule has 0 saturated heterocycles. The summed E-state index contributed by atoms with van der Waals surface area (Å²) >= 11 is 3.28. The highest BCUT2D eigenvalue weighted by atomic mass is 79.9. The molecule has 2 rings (SSSR count). The van der Waals surface area contributed by atoms with Crippen LogP contribution in [0.3, 0.4) is 0 Å². The van der Waals surface area contributed by atoms with Crippen LogP contribution in [0.25, 0.3) is 0 Å². The fourth-order valence-electron chi connectivity index (χ4n) is 2.34. The van der Waals surface area contributed by atoms with Crippen LogP contribution in [0.15, 0.2) is 24.3 Å². The molecule has 18 heavy (non-hydrogen) atoms. The van der Waals surface area contributed by atoms with E-state index in [1.54, 1.807) is 18.2 Å². The van der Waals surface area contributed by atoms with Crippen LogP contribution in [0.1, 0.15) is 18.9 Å². The number of ketones is 1. The minimum absolute atomic E-state index is 0.179. The lowest BCUT2D eigenvalue weighted by Crippen LogP contribution is -2.42. The summed E-state index contributed by atoms with van der Waals surface area (Å²) in [5, 5.41) is 11.2. The number of benzene rings is 1.